The van der Waals surface area contributed by atoms with Gasteiger partial charge in [-0.1, -0.05) is 37.3 Å². The Hall–Kier alpha value is -2.28. The van der Waals surface area contributed by atoms with Crippen LogP contribution in [0.25, 0.3) is 0 Å². The average molecular weight is 319 g/mol. The number of nitrogens with one attached hydrogen (secondary N) is 1. The van der Waals surface area contributed by atoms with Crippen molar-refractivity contribution >= 4 is 28.2 Å². The van der Waals surface area contributed by atoms with Gasteiger partial charge in [0.15, 0.2) is 12.4 Å². The number of Topliss-reactive ketones (excluding diaryl/α,β-unsaturated/α-hetero) is 1. The zero-order chi connectivity index (χ0) is 16.1. The number of aromatic nitrogens is 2. The predicted octanol–water partition coefficient (Wildman–Crippen LogP) is 2.88. The topological polar surface area (TPSA) is 81.2 Å². The Morgan fingerprint density at radius 1 is 1.32 bits per heavy atom. The van der Waals surface area contributed by atoms with E-state index in [-0.39, 0.29) is 24.2 Å². The SMILES string of the molecule is CC(=O)c1cccc(OCC(=O)Nc2nnc(C(C)C)s2)c1. The lowest BCUT2D eigenvalue weighted by Crippen LogP contribution is -2.20. The van der Waals surface area contributed by atoms with Gasteiger partial charge in [0.25, 0.3) is 5.91 Å². The maximum atomic E-state index is 11.8. The first-order valence-corrected chi connectivity index (χ1v) is 7.64. The van der Waals surface area contributed by atoms with Crippen molar-refractivity contribution in [3.05, 3.63) is 34.8 Å². The zero-order valence-electron chi connectivity index (χ0n) is 12.6. The fraction of sp³-hybridized carbons (Fsp3) is 0.333. The van der Waals surface area contributed by atoms with Gasteiger partial charge >= 0.3 is 0 Å². The van der Waals surface area contributed by atoms with Gasteiger partial charge < -0.3 is 4.74 Å². The second kappa shape index (κ2) is 7.13. The summed E-state index contributed by atoms with van der Waals surface area (Å²) in [7, 11) is 0. The van der Waals surface area contributed by atoms with Gasteiger partial charge in [0, 0.05) is 11.5 Å². The predicted molar refractivity (Wildman–Crippen MR) is 84.6 cm³/mol. The first kappa shape index (κ1) is 16.1. The summed E-state index contributed by atoms with van der Waals surface area (Å²) in [5.74, 6) is 0.376. The van der Waals surface area contributed by atoms with Crippen LogP contribution in [0.3, 0.4) is 0 Å². The van der Waals surface area contributed by atoms with Crippen molar-refractivity contribution in [1.82, 2.24) is 10.2 Å². The highest BCUT2D eigenvalue weighted by atomic mass is 32.1. The van der Waals surface area contributed by atoms with Gasteiger partial charge in [-0.2, -0.15) is 0 Å². The number of hydrogen-bond donors (Lipinski definition) is 1. The Morgan fingerprint density at radius 2 is 2.09 bits per heavy atom. The van der Waals surface area contributed by atoms with Crippen LogP contribution in [0, 0.1) is 0 Å². The number of amides is 1. The Balaban J connectivity index is 1.89. The third-order valence-electron chi connectivity index (χ3n) is 2.79. The standard InChI is InChI=1S/C15H17N3O3S/c1-9(2)14-17-18-15(22-14)16-13(20)8-21-12-6-4-5-11(7-12)10(3)19/h4-7,9H,8H2,1-3H3,(H,16,18,20). The Labute approximate surface area is 132 Å². The molecule has 7 heteroatoms. The minimum Gasteiger partial charge on any atom is -0.484 e. The molecule has 0 aliphatic heterocycles. The highest BCUT2D eigenvalue weighted by Gasteiger charge is 2.11. The van der Waals surface area contributed by atoms with Gasteiger partial charge in [-0.05, 0) is 19.1 Å². The lowest BCUT2D eigenvalue weighted by atomic mass is 10.1. The number of benzene rings is 1. The molecule has 0 saturated carbocycles. The van der Waals surface area contributed by atoms with Crippen molar-refractivity contribution in [2.24, 2.45) is 0 Å². The number of ketones is 1. The normalized spacial score (nSPS) is 10.5. The molecule has 0 radical (unpaired) electrons. The maximum Gasteiger partial charge on any atom is 0.264 e. The number of nitrogens with zero attached hydrogens (tertiary/aromatic N) is 2. The first-order chi connectivity index (χ1) is 10.5. The molecule has 0 atom stereocenters. The molecule has 0 aliphatic carbocycles. The fourth-order valence-corrected chi connectivity index (χ4v) is 2.39. The second-order valence-corrected chi connectivity index (χ2v) is 6.03. The molecule has 1 amide bonds. The first-order valence-electron chi connectivity index (χ1n) is 6.82. The molecule has 1 heterocycles. The molecule has 0 bridgehead atoms. The molecule has 1 N–H and O–H groups in total. The molecule has 2 rings (SSSR count). The Morgan fingerprint density at radius 3 is 2.73 bits per heavy atom. The summed E-state index contributed by atoms with van der Waals surface area (Å²) in [6.07, 6.45) is 0. The van der Waals surface area contributed by atoms with Crippen LogP contribution in [0.4, 0.5) is 5.13 Å². The van der Waals surface area contributed by atoms with E-state index >= 15 is 0 Å². The van der Waals surface area contributed by atoms with E-state index in [2.05, 4.69) is 15.5 Å². The van der Waals surface area contributed by atoms with Gasteiger partial charge in [0.05, 0.1) is 0 Å². The average Bonchev–Trinajstić information content (AvgIpc) is 2.94. The second-order valence-electron chi connectivity index (χ2n) is 5.02. The van der Waals surface area contributed by atoms with Crippen LogP contribution in [0.15, 0.2) is 24.3 Å². The lowest BCUT2D eigenvalue weighted by Gasteiger charge is -2.06. The third-order valence-corrected chi connectivity index (χ3v) is 3.93. The van der Waals surface area contributed by atoms with Crippen LogP contribution in [0.1, 0.15) is 42.1 Å². The number of carbonyl (C=O) groups is 2. The summed E-state index contributed by atoms with van der Waals surface area (Å²) in [5.41, 5.74) is 0.545. The highest BCUT2D eigenvalue weighted by molar-refractivity contribution is 7.15. The van der Waals surface area contributed by atoms with Crippen LogP contribution in [0.5, 0.6) is 5.75 Å². The Bertz CT molecular complexity index is 682. The van der Waals surface area contributed by atoms with Crippen LogP contribution in [-0.2, 0) is 4.79 Å². The van der Waals surface area contributed by atoms with E-state index in [1.807, 2.05) is 13.8 Å². The Kier molecular flexibility index (Phi) is 5.21. The fourth-order valence-electron chi connectivity index (χ4n) is 1.63. The number of anilines is 1. The number of ether oxygens (including phenoxy) is 1. The van der Waals surface area contributed by atoms with Crippen LogP contribution in [-0.4, -0.2) is 28.5 Å². The van der Waals surface area contributed by atoms with Crippen molar-refractivity contribution < 1.29 is 14.3 Å². The van der Waals surface area contributed by atoms with Crippen molar-refractivity contribution in [2.45, 2.75) is 26.7 Å². The number of carbonyl (C=O) groups excluding carboxylic acids is 2. The van der Waals surface area contributed by atoms with Crippen molar-refractivity contribution in [1.29, 1.82) is 0 Å². The lowest BCUT2D eigenvalue weighted by molar-refractivity contribution is -0.118. The van der Waals surface area contributed by atoms with Gasteiger partial charge in [-0.3, -0.25) is 14.9 Å². The van der Waals surface area contributed by atoms with Gasteiger partial charge in [-0.25, -0.2) is 0 Å². The molecule has 0 aliphatic rings. The minimum absolute atomic E-state index is 0.0509. The molecule has 0 unspecified atom stereocenters. The molecule has 2 aromatic rings. The number of rotatable bonds is 6. The third kappa shape index (κ3) is 4.36. The highest BCUT2D eigenvalue weighted by Crippen LogP contribution is 2.22. The molecule has 0 saturated heterocycles. The van der Waals surface area contributed by atoms with Crippen LogP contribution in [0.2, 0.25) is 0 Å². The van der Waals surface area contributed by atoms with E-state index in [0.717, 1.165) is 5.01 Å². The smallest absolute Gasteiger partial charge is 0.264 e. The van der Waals surface area contributed by atoms with Crippen molar-refractivity contribution in [3.63, 3.8) is 0 Å². The van der Waals surface area contributed by atoms with Gasteiger partial charge in [0.2, 0.25) is 5.13 Å². The van der Waals surface area contributed by atoms with Crippen LogP contribution >= 0.6 is 11.3 Å². The molecule has 1 aromatic carbocycles. The molecule has 22 heavy (non-hydrogen) atoms. The maximum absolute atomic E-state index is 11.8. The van der Waals surface area contributed by atoms with Crippen LogP contribution < -0.4 is 10.1 Å². The summed E-state index contributed by atoms with van der Waals surface area (Å²) in [5, 5.41) is 11.9. The van der Waals surface area contributed by atoms with E-state index in [0.29, 0.717) is 16.4 Å². The zero-order valence-corrected chi connectivity index (χ0v) is 13.4. The minimum atomic E-state index is -0.320. The largest absolute Gasteiger partial charge is 0.484 e. The molecule has 6 nitrogen and oxygen atoms in total. The van der Waals surface area contributed by atoms with E-state index in [1.54, 1.807) is 24.3 Å². The van der Waals surface area contributed by atoms with Gasteiger partial charge in [0.1, 0.15) is 10.8 Å². The monoisotopic (exact) mass is 319 g/mol. The summed E-state index contributed by atoms with van der Waals surface area (Å²) >= 11 is 1.34. The quantitative estimate of drug-likeness (QED) is 0.828. The molecular weight excluding hydrogens is 302 g/mol. The molecule has 0 fully saturated rings. The molecular formula is C15H17N3O3S. The summed E-state index contributed by atoms with van der Waals surface area (Å²) < 4.78 is 5.38. The summed E-state index contributed by atoms with van der Waals surface area (Å²) in [4.78, 5) is 23.1. The molecule has 1 aromatic heterocycles. The van der Waals surface area contributed by atoms with Crippen molar-refractivity contribution in [2.75, 3.05) is 11.9 Å². The number of hydrogen-bond acceptors (Lipinski definition) is 6. The summed E-state index contributed by atoms with van der Waals surface area (Å²) in [6.45, 7) is 5.35. The molecule has 116 valence electrons. The van der Waals surface area contributed by atoms with Crippen molar-refractivity contribution in [3.8, 4) is 5.75 Å². The van der Waals surface area contributed by atoms with E-state index in [9.17, 15) is 9.59 Å². The summed E-state index contributed by atoms with van der Waals surface area (Å²) in [6, 6.07) is 6.71. The van der Waals surface area contributed by atoms with Gasteiger partial charge in [-0.15, -0.1) is 10.2 Å². The van der Waals surface area contributed by atoms with E-state index < -0.39 is 0 Å². The van der Waals surface area contributed by atoms with E-state index in [4.69, 9.17) is 4.74 Å². The van der Waals surface area contributed by atoms with E-state index in [1.165, 1.54) is 18.3 Å². The molecule has 0 spiro atoms.